The van der Waals surface area contributed by atoms with Gasteiger partial charge in [-0.2, -0.15) is 0 Å². The molecular weight excluding hydrogens is 382 g/mol. The molecule has 0 aliphatic heterocycles. The van der Waals surface area contributed by atoms with Crippen LogP contribution in [0.1, 0.15) is 24.4 Å². The van der Waals surface area contributed by atoms with E-state index in [1.807, 2.05) is 54.9 Å². The summed E-state index contributed by atoms with van der Waals surface area (Å²) in [5.41, 5.74) is 1.75. The Hall–Kier alpha value is -3.88. The first kappa shape index (κ1) is 19.4. The number of anilines is 1. The fourth-order valence-electron chi connectivity index (χ4n) is 3.12. The lowest BCUT2D eigenvalue weighted by Crippen LogP contribution is -2.31. The minimum atomic E-state index is -0.329. The Morgan fingerprint density at radius 2 is 2.10 bits per heavy atom. The highest BCUT2D eigenvalue weighted by molar-refractivity contribution is 5.92. The molecule has 2 amide bonds. The summed E-state index contributed by atoms with van der Waals surface area (Å²) in [6, 6.07) is 11.0. The van der Waals surface area contributed by atoms with Crippen LogP contribution in [0.15, 0.2) is 55.0 Å². The molecule has 3 N–H and O–H groups in total. The van der Waals surface area contributed by atoms with Gasteiger partial charge in [-0.3, -0.25) is 10.4 Å². The number of aromatic nitrogens is 5. The lowest BCUT2D eigenvalue weighted by Gasteiger charge is -2.14. The van der Waals surface area contributed by atoms with Gasteiger partial charge in [0.1, 0.15) is 18.2 Å². The minimum absolute atomic E-state index is 0.124. The van der Waals surface area contributed by atoms with E-state index in [0.29, 0.717) is 24.8 Å². The lowest BCUT2D eigenvalue weighted by atomic mass is 10.1. The van der Waals surface area contributed by atoms with Gasteiger partial charge in [-0.25, -0.2) is 14.8 Å². The maximum Gasteiger partial charge on any atom is 0.320 e. The van der Waals surface area contributed by atoms with E-state index in [4.69, 9.17) is 4.74 Å². The predicted octanol–water partition coefficient (Wildman–Crippen LogP) is 3.42. The molecule has 1 atom stereocenters. The number of fused-ring (bicyclic) bond motifs is 1. The second kappa shape index (κ2) is 8.64. The van der Waals surface area contributed by atoms with Crippen molar-refractivity contribution in [2.45, 2.75) is 26.4 Å². The van der Waals surface area contributed by atoms with Crippen molar-refractivity contribution >= 4 is 22.8 Å². The van der Waals surface area contributed by atoms with Crippen LogP contribution in [0.5, 0.6) is 5.88 Å². The summed E-state index contributed by atoms with van der Waals surface area (Å²) in [5, 5.41) is 13.5. The fraction of sp³-hybridized carbons (Fsp3) is 0.238. The zero-order valence-corrected chi connectivity index (χ0v) is 16.8. The van der Waals surface area contributed by atoms with E-state index in [0.717, 1.165) is 22.3 Å². The highest BCUT2D eigenvalue weighted by Crippen LogP contribution is 2.23. The molecule has 1 unspecified atom stereocenters. The Labute approximate surface area is 173 Å². The molecule has 0 aliphatic rings. The molecule has 1 aromatic carbocycles. The molecular formula is C21H23N7O2. The minimum Gasteiger partial charge on any atom is -0.474 e. The molecule has 0 spiro atoms. The third-order valence-electron chi connectivity index (χ3n) is 4.80. The number of urea groups is 1. The molecule has 3 heterocycles. The number of aromatic amines is 1. The fourth-order valence-corrected chi connectivity index (χ4v) is 3.12. The summed E-state index contributed by atoms with van der Waals surface area (Å²) in [6.45, 7) is 5.00. The molecule has 0 bridgehead atoms. The molecule has 0 fully saturated rings. The van der Waals surface area contributed by atoms with Gasteiger partial charge in [-0.05, 0) is 19.4 Å². The van der Waals surface area contributed by atoms with Gasteiger partial charge < -0.3 is 14.6 Å². The highest BCUT2D eigenvalue weighted by atomic mass is 16.5. The summed E-state index contributed by atoms with van der Waals surface area (Å²) in [4.78, 5) is 20.8. The van der Waals surface area contributed by atoms with Gasteiger partial charge in [0.2, 0.25) is 5.88 Å². The van der Waals surface area contributed by atoms with Gasteiger partial charge in [0.05, 0.1) is 23.5 Å². The van der Waals surface area contributed by atoms with E-state index in [1.165, 1.54) is 0 Å². The maximum absolute atomic E-state index is 12.3. The first-order valence-corrected chi connectivity index (χ1v) is 9.67. The van der Waals surface area contributed by atoms with Crippen LogP contribution in [0, 0.1) is 6.92 Å². The van der Waals surface area contributed by atoms with E-state index < -0.39 is 0 Å². The number of ether oxygens (including phenoxy) is 1. The predicted molar refractivity (Wildman–Crippen MR) is 113 cm³/mol. The number of pyridine rings is 1. The van der Waals surface area contributed by atoms with Crippen LogP contribution in [0.3, 0.4) is 0 Å². The second-order valence-corrected chi connectivity index (χ2v) is 6.89. The number of rotatable bonds is 7. The van der Waals surface area contributed by atoms with Gasteiger partial charge in [0, 0.05) is 24.7 Å². The summed E-state index contributed by atoms with van der Waals surface area (Å²) in [7, 11) is 0. The van der Waals surface area contributed by atoms with E-state index in [1.54, 1.807) is 18.5 Å². The van der Waals surface area contributed by atoms with Crippen LogP contribution in [-0.4, -0.2) is 37.4 Å². The number of aryl methyl sites for hydroxylation is 1. The first-order valence-electron chi connectivity index (χ1n) is 9.67. The van der Waals surface area contributed by atoms with Crippen LogP contribution >= 0.6 is 0 Å². The van der Waals surface area contributed by atoms with Crippen LogP contribution in [0.25, 0.3) is 10.9 Å². The molecule has 30 heavy (non-hydrogen) atoms. The Kier molecular flexibility index (Phi) is 5.60. The van der Waals surface area contributed by atoms with Crippen LogP contribution in [-0.2, 0) is 6.54 Å². The second-order valence-electron chi connectivity index (χ2n) is 6.89. The van der Waals surface area contributed by atoms with Gasteiger partial charge in [0.25, 0.3) is 0 Å². The number of hydrogen-bond acceptors (Lipinski definition) is 5. The van der Waals surface area contributed by atoms with Crippen molar-refractivity contribution in [3.63, 3.8) is 0 Å². The van der Waals surface area contributed by atoms with Crippen molar-refractivity contribution in [2.24, 2.45) is 0 Å². The number of nitrogens with zero attached hydrogens (tertiary/aromatic N) is 4. The van der Waals surface area contributed by atoms with E-state index >= 15 is 0 Å². The topological polar surface area (TPSA) is 110 Å². The number of H-pyrrole nitrogens is 1. The standard InChI is InChI=1S/C21H23N7O2/c1-14(16-6-4-3-5-7-16)24-21(29)25-19-12-18-17(13-23-19)20(27-26-18)30-11-10-28-9-8-22-15(28)2/h3-9,12-14H,10-11H2,1-2H3,(H,26,27)(H2,23,24,25,29). The van der Waals surface area contributed by atoms with E-state index in [2.05, 4.69) is 30.8 Å². The monoisotopic (exact) mass is 405 g/mol. The summed E-state index contributed by atoms with van der Waals surface area (Å²) >= 11 is 0. The van der Waals surface area contributed by atoms with Crippen LogP contribution in [0.2, 0.25) is 0 Å². The quantitative estimate of drug-likeness (QED) is 0.436. The summed E-state index contributed by atoms with van der Waals surface area (Å²) in [6.07, 6.45) is 5.30. The third kappa shape index (κ3) is 4.40. The number of nitrogens with one attached hydrogen (secondary N) is 3. The average Bonchev–Trinajstić information content (AvgIpc) is 3.34. The molecule has 4 aromatic rings. The molecule has 9 heteroatoms. The number of amides is 2. The van der Waals surface area contributed by atoms with Crippen molar-refractivity contribution in [3.05, 3.63) is 66.4 Å². The SMILES string of the molecule is Cc1nccn1CCOc1n[nH]c2cc(NC(=O)NC(C)c3ccccc3)ncc12. The summed E-state index contributed by atoms with van der Waals surface area (Å²) < 4.78 is 7.78. The zero-order chi connectivity index (χ0) is 20.9. The van der Waals surface area contributed by atoms with Gasteiger partial charge >= 0.3 is 6.03 Å². The van der Waals surface area contributed by atoms with Gasteiger partial charge in [0.15, 0.2) is 0 Å². The Morgan fingerprint density at radius 1 is 1.27 bits per heavy atom. The normalized spacial score (nSPS) is 11.9. The first-order chi connectivity index (χ1) is 14.6. The van der Waals surface area contributed by atoms with Gasteiger partial charge in [-0.15, -0.1) is 5.10 Å². The average molecular weight is 405 g/mol. The van der Waals surface area contributed by atoms with Crippen LogP contribution < -0.4 is 15.4 Å². The molecule has 9 nitrogen and oxygen atoms in total. The Bertz CT molecular complexity index is 1140. The third-order valence-corrected chi connectivity index (χ3v) is 4.80. The molecule has 154 valence electrons. The molecule has 0 aliphatic carbocycles. The molecule has 0 saturated heterocycles. The smallest absolute Gasteiger partial charge is 0.320 e. The van der Waals surface area contributed by atoms with Crippen molar-refractivity contribution < 1.29 is 9.53 Å². The van der Waals surface area contributed by atoms with E-state index in [-0.39, 0.29) is 12.1 Å². The van der Waals surface area contributed by atoms with Crippen molar-refractivity contribution in [1.29, 1.82) is 0 Å². The summed E-state index contributed by atoms with van der Waals surface area (Å²) in [5.74, 6) is 1.83. The lowest BCUT2D eigenvalue weighted by molar-refractivity contribution is 0.249. The van der Waals surface area contributed by atoms with Crippen molar-refractivity contribution in [2.75, 3.05) is 11.9 Å². The number of hydrogen-bond donors (Lipinski definition) is 3. The van der Waals surface area contributed by atoms with Crippen molar-refractivity contribution in [3.8, 4) is 5.88 Å². The largest absolute Gasteiger partial charge is 0.474 e. The number of benzene rings is 1. The number of carbonyl (C=O) groups is 1. The van der Waals surface area contributed by atoms with E-state index in [9.17, 15) is 4.79 Å². The van der Waals surface area contributed by atoms with Gasteiger partial charge in [-0.1, -0.05) is 30.3 Å². The number of imidazole rings is 1. The molecule has 3 aromatic heterocycles. The van der Waals surface area contributed by atoms with Crippen LogP contribution in [0.4, 0.5) is 10.6 Å². The molecule has 4 rings (SSSR count). The Balaban J connectivity index is 1.35. The van der Waals surface area contributed by atoms with Crippen molar-refractivity contribution in [1.82, 2.24) is 30.0 Å². The molecule has 0 radical (unpaired) electrons. The Morgan fingerprint density at radius 3 is 2.87 bits per heavy atom. The zero-order valence-electron chi connectivity index (χ0n) is 16.8. The molecule has 0 saturated carbocycles. The number of carbonyl (C=O) groups excluding carboxylic acids is 1. The maximum atomic E-state index is 12.3. The highest BCUT2D eigenvalue weighted by Gasteiger charge is 2.12.